The van der Waals surface area contributed by atoms with E-state index < -0.39 is 0 Å². The largest absolute Gasteiger partial charge is 0.368 e. The zero-order valence-corrected chi connectivity index (χ0v) is 16.0. The number of benzene rings is 1. The van der Waals surface area contributed by atoms with E-state index in [9.17, 15) is 4.79 Å². The maximum atomic E-state index is 13.2. The molecule has 3 heterocycles. The van der Waals surface area contributed by atoms with E-state index in [1.165, 1.54) is 11.8 Å². The second-order valence-electron chi connectivity index (χ2n) is 6.29. The normalized spacial score (nSPS) is 14.4. The van der Waals surface area contributed by atoms with E-state index in [2.05, 4.69) is 14.9 Å². The molecular weight excluding hydrogens is 358 g/mol. The lowest BCUT2D eigenvalue weighted by molar-refractivity contribution is 0.0738. The Kier molecular flexibility index (Phi) is 5.11. The molecule has 0 N–H and O–H groups in total. The van der Waals surface area contributed by atoms with Crippen molar-refractivity contribution in [3.05, 3.63) is 66.7 Å². The summed E-state index contributed by atoms with van der Waals surface area (Å²) in [5, 5.41) is 0.819. The van der Waals surface area contributed by atoms with Gasteiger partial charge in [-0.25, -0.2) is 4.98 Å². The summed E-state index contributed by atoms with van der Waals surface area (Å²) < 4.78 is 1.95. The summed E-state index contributed by atoms with van der Waals surface area (Å²) in [6.07, 6.45) is 7.27. The van der Waals surface area contributed by atoms with Crippen molar-refractivity contribution in [3.8, 4) is 5.69 Å². The molecule has 1 aliphatic rings. The van der Waals surface area contributed by atoms with Crippen LogP contribution in [0.4, 0.5) is 5.69 Å². The predicted molar refractivity (Wildman–Crippen MR) is 108 cm³/mol. The van der Waals surface area contributed by atoms with E-state index in [0.29, 0.717) is 18.8 Å². The molecule has 1 fully saturated rings. The molecule has 4 rings (SSSR count). The van der Waals surface area contributed by atoms with Gasteiger partial charge in [-0.1, -0.05) is 30.0 Å². The van der Waals surface area contributed by atoms with Gasteiger partial charge in [-0.3, -0.25) is 14.3 Å². The number of amides is 1. The number of nitrogens with zero attached hydrogens (tertiary/aromatic N) is 5. The fourth-order valence-electron chi connectivity index (χ4n) is 3.34. The summed E-state index contributed by atoms with van der Waals surface area (Å²) in [6.45, 7) is 3.00. The molecule has 0 spiro atoms. The first kappa shape index (κ1) is 17.6. The zero-order valence-electron chi connectivity index (χ0n) is 15.2. The van der Waals surface area contributed by atoms with Crippen LogP contribution in [-0.2, 0) is 0 Å². The van der Waals surface area contributed by atoms with Gasteiger partial charge in [-0.15, -0.1) is 0 Å². The molecule has 0 unspecified atom stereocenters. The highest BCUT2D eigenvalue weighted by Crippen LogP contribution is 2.23. The SMILES string of the molecule is CSc1ncc(C(=O)N2CCN(c3ccncc3)CC2)n1-c1ccccc1. The molecular formula is C20H21N5OS. The van der Waals surface area contributed by atoms with Gasteiger partial charge in [0.25, 0.3) is 5.91 Å². The Bertz CT molecular complexity index is 905. The summed E-state index contributed by atoms with van der Waals surface area (Å²) in [4.78, 5) is 25.9. The molecule has 7 heteroatoms. The van der Waals surface area contributed by atoms with Gasteiger partial charge < -0.3 is 9.80 Å². The van der Waals surface area contributed by atoms with E-state index in [-0.39, 0.29) is 5.91 Å². The quantitative estimate of drug-likeness (QED) is 0.653. The molecule has 1 aliphatic heterocycles. The molecule has 1 amide bonds. The summed E-state index contributed by atoms with van der Waals surface area (Å²) in [6, 6.07) is 13.9. The Morgan fingerprint density at radius 1 is 0.963 bits per heavy atom. The van der Waals surface area contributed by atoms with Gasteiger partial charge in [0, 0.05) is 49.9 Å². The molecule has 0 radical (unpaired) electrons. The Balaban J connectivity index is 1.54. The van der Waals surface area contributed by atoms with Crippen molar-refractivity contribution in [3.63, 3.8) is 0 Å². The number of hydrogen-bond acceptors (Lipinski definition) is 5. The van der Waals surface area contributed by atoms with E-state index >= 15 is 0 Å². The van der Waals surface area contributed by atoms with Gasteiger partial charge in [0.2, 0.25) is 0 Å². The van der Waals surface area contributed by atoms with Crippen molar-refractivity contribution in [2.24, 2.45) is 0 Å². The second-order valence-corrected chi connectivity index (χ2v) is 7.06. The van der Waals surface area contributed by atoms with Gasteiger partial charge in [0.1, 0.15) is 5.69 Å². The summed E-state index contributed by atoms with van der Waals surface area (Å²) >= 11 is 1.54. The summed E-state index contributed by atoms with van der Waals surface area (Å²) in [7, 11) is 0. The lowest BCUT2D eigenvalue weighted by atomic mass is 10.2. The molecule has 0 aliphatic carbocycles. The Labute approximate surface area is 162 Å². The van der Waals surface area contributed by atoms with E-state index in [0.717, 1.165) is 29.6 Å². The van der Waals surface area contributed by atoms with E-state index in [1.807, 2.05) is 58.2 Å². The smallest absolute Gasteiger partial charge is 0.272 e. The molecule has 1 aromatic carbocycles. The molecule has 0 saturated carbocycles. The minimum Gasteiger partial charge on any atom is -0.368 e. The Morgan fingerprint density at radius 3 is 2.33 bits per heavy atom. The fourth-order valence-corrected chi connectivity index (χ4v) is 3.89. The number of carbonyl (C=O) groups excluding carboxylic acids is 1. The first-order valence-electron chi connectivity index (χ1n) is 8.89. The standard InChI is InChI=1S/C20H21N5OS/c1-27-20-22-15-18(25(20)17-5-3-2-4-6-17)19(26)24-13-11-23(12-14-24)16-7-9-21-10-8-16/h2-10,15H,11-14H2,1H3. The van der Waals surface area contributed by atoms with Crippen LogP contribution in [0.15, 0.2) is 66.2 Å². The average Bonchev–Trinajstić information content (AvgIpc) is 3.19. The van der Waals surface area contributed by atoms with Gasteiger partial charge >= 0.3 is 0 Å². The van der Waals surface area contributed by atoms with Crippen molar-refractivity contribution >= 4 is 23.4 Å². The third-order valence-electron chi connectivity index (χ3n) is 4.74. The number of hydrogen-bond donors (Lipinski definition) is 0. The number of aromatic nitrogens is 3. The minimum atomic E-state index is 0.0287. The summed E-state index contributed by atoms with van der Waals surface area (Å²) in [5.41, 5.74) is 2.72. The topological polar surface area (TPSA) is 54.3 Å². The number of para-hydroxylation sites is 1. The van der Waals surface area contributed by atoms with Crippen LogP contribution in [0.25, 0.3) is 5.69 Å². The Morgan fingerprint density at radius 2 is 1.67 bits per heavy atom. The van der Waals surface area contributed by atoms with Crippen LogP contribution in [0.2, 0.25) is 0 Å². The minimum absolute atomic E-state index is 0.0287. The summed E-state index contributed by atoms with van der Waals surface area (Å²) in [5.74, 6) is 0.0287. The maximum absolute atomic E-state index is 13.2. The van der Waals surface area contributed by atoms with Crippen molar-refractivity contribution in [2.45, 2.75) is 5.16 Å². The van der Waals surface area contributed by atoms with Gasteiger partial charge in [0.05, 0.1) is 6.20 Å². The van der Waals surface area contributed by atoms with Crippen LogP contribution < -0.4 is 4.90 Å². The molecule has 1 saturated heterocycles. The third kappa shape index (κ3) is 3.55. The monoisotopic (exact) mass is 379 g/mol. The van der Waals surface area contributed by atoms with Crippen molar-refractivity contribution in [2.75, 3.05) is 37.3 Å². The number of carbonyl (C=O) groups is 1. The predicted octanol–water partition coefficient (Wildman–Crippen LogP) is 2.95. The highest BCUT2D eigenvalue weighted by molar-refractivity contribution is 7.98. The molecule has 0 atom stereocenters. The number of rotatable bonds is 4. The first-order chi connectivity index (χ1) is 13.3. The lowest BCUT2D eigenvalue weighted by Gasteiger charge is -2.36. The molecule has 138 valence electrons. The molecule has 0 bridgehead atoms. The van der Waals surface area contributed by atoms with Crippen LogP contribution in [0, 0.1) is 0 Å². The third-order valence-corrected chi connectivity index (χ3v) is 5.39. The average molecular weight is 379 g/mol. The number of piperazine rings is 1. The molecule has 2 aromatic heterocycles. The number of imidazole rings is 1. The number of pyridine rings is 1. The van der Waals surface area contributed by atoms with Gasteiger partial charge in [0.15, 0.2) is 5.16 Å². The van der Waals surface area contributed by atoms with Crippen LogP contribution in [-0.4, -0.2) is 57.8 Å². The van der Waals surface area contributed by atoms with E-state index in [1.54, 1.807) is 18.6 Å². The van der Waals surface area contributed by atoms with Crippen LogP contribution >= 0.6 is 11.8 Å². The van der Waals surface area contributed by atoms with Crippen LogP contribution in [0.5, 0.6) is 0 Å². The lowest BCUT2D eigenvalue weighted by Crippen LogP contribution is -2.49. The second kappa shape index (κ2) is 7.84. The van der Waals surface area contributed by atoms with Crippen LogP contribution in [0.3, 0.4) is 0 Å². The molecule has 27 heavy (non-hydrogen) atoms. The number of thioether (sulfide) groups is 1. The molecule has 3 aromatic rings. The van der Waals surface area contributed by atoms with Crippen molar-refractivity contribution in [1.82, 2.24) is 19.4 Å². The fraction of sp³-hybridized carbons (Fsp3) is 0.250. The number of anilines is 1. The zero-order chi connectivity index (χ0) is 18.6. The maximum Gasteiger partial charge on any atom is 0.272 e. The van der Waals surface area contributed by atoms with Crippen molar-refractivity contribution < 1.29 is 4.79 Å². The highest BCUT2D eigenvalue weighted by atomic mass is 32.2. The van der Waals surface area contributed by atoms with Crippen molar-refractivity contribution in [1.29, 1.82) is 0 Å². The van der Waals surface area contributed by atoms with Gasteiger partial charge in [-0.05, 0) is 30.5 Å². The van der Waals surface area contributed by atoms with Gasteiger partial charge in [-0.2, -0.15) is 0 Å². The van der Waals surface area contributed by atoms with E-state index in [4.69, 9.17) is 0 Å². The van der Waals surface area contributed by atoms with Crippen LogP contribution in [0.1, 0.15) is 10.5 Å². The first-order valence-corrected chi connectivity index (χ1v) is 10.1. The highest BCUT2D eigenvalue weighted by Gasteiger charge is 2.26. The molecule has 6 nitrogen and oxygen atoms in total. The Hall–Kier alpha value is -2.80.